The molecular weight excluding hydrogens is 264 g/mol. The topological polar surface area (TPSA) is 89.2 Å². The van der Waals surface area contributed by atoms with Crippen LogP contribution in [0.25, 0.3) is 0 Å². The van der Waals surface area contributed by atoms with E-state index >= 15 is 0 Å². The van der Waals surface area contributed by atoms with Crippen molar-refractivity contribution in [1.82, 2.24) is 14.3 Å². The highest BCUT2D eigenvalue weighted by Gasteiger charge is 2.33. The lowest BCUT2D eigenvalue weighted by Crippen LogP contribution is -2.42. The van der Waals surface area contributed by atoms with Gasteiger partial charge in [0.05, 0.1) is 12.4 Å². The second kappa shape index (κ2) is 5.42. The maximum Gasteiger partial charge on any atom is 0.246 e. The van der Waals surface area contributed by atoms with Gasteiger partial charge in [0, 0.05) is 13.1 Å². The fourth-order valence-electron chi connectivity index (χ4n) is 2.64. The van der Waals surface area contributed by atoms with Crippen LogP contribution in [0.1, 0.15) is 32.6 Å². The standard InChI is InChI=1S/C12H20N4O2S/c1-9-5-3-4-6-11(9)16(2)19(17,18)10-7-14-12(13)15-8-10/h7-9,11H,3-6H2,1-2H3,(H2,13,14,15). The van der Waals surface area contributed by atoms with Gasteiger partial charge in [0.1, 0.15) is 4.90 Å². The molecule has 1 saturated carbocycles. The van der Waals surface area contributed by atoms with E-state index in [-0.39, 0.29) is 16.9 Å². The first-order valence-electron chi connectivity index (χ1n) is 6.48. The lowest BCUT2D eigenvalue weighted by atomic mass is 9.86. The van der Waals surface area contributed by atoms with Gasteiger partial charge in [-0.25, -0.2) is 18.4 Å². The van der Waals surface area contributed by atoms with Gasteiger partial charge in [0.2, 0.25) is 16.0 Å². The number of hydrogen-bond donors (Lipinski definition) is 1. The van der Waals surface area contributed by atoms with Crippen LogP contribution in [0.15, 0.2) is 17.3 Å². The van der Waals surface area contributed by atoms with E-state index < -0.39 is 10.0 Å². The Morgan fingerprint density at radius 3 is 2.42 bits per heavy atom. The van der Waals surface area contributed by atoms with E-state index in [1.807, 2.05) is 0 Å². The molecule has 0 bridgehead atoms. The van der Waals surface area contributed by atoms with Crippen LogP contribution in [0.5, 0.6) is 0 Å². The second-order valence-corrected chi connectivity index (χ2v) is 7.12. The van der Waals surface area contributed by atoms with Gasteiger partial charge in [-0.3, -0.25) is 0 Å². The largest absolute Gasteiger partial charge is 0.368 e. The summed E-state index contributed by atoms with van der Waals surface area (Å²) in [6.45, 7) is 2.11. The van der Waals surface area contributed by atoms with Crippen LogP contribution in [0, 0.1) is 5.92 Å². The van der Waals surface area contributed by atoms with E-state index in [0.717, 1.165) is 19.3 Å². The summed E-state index contributed by atoms with van der Waals surface area (Å²) < 4.78 is 26.5. The highest BCUT2D eigenvalue weighted by Crippen LogP contribution is 2.30. The van der Waals surface area contributed by atoms with E-state index in [9.17, 15) is 8.42 Å². The summed E-state index contributed by atoms with van der Waals surface area (Å²) in [7, 11) is -1.90. The molecule has 2 atom stereocenters. The van der Waals surface area contributed by atoms with Gasteiger partial charge in [0.15, 0.2) is 0 Å². The molecular formula is C12H20N4O2S. The minimum absolute atomic E-state index is 0.0521. The number of anilines is 1. The third kappa shape index (κ3) is 2.87. The van der Waals surface area contributed by atoms with Crippen LogP contribution < -0.4 is 5.73 Å². The average molecular weight is 284 g/mol. The molecule has 0 saturated heterocycles. The highest BCUT2D eigenvalue weighted by atomic mass is 32.2. The van der Waals surface area contributed by atoms with Gasteiger partial charge in [-0.05, 0) is 18.8 Å². The smallest absolute Gasteiger partial charge is 0.246 e. The quantitative estimate of drug-likeness (QED) is 0.902. The molecule has 1 aromatic rings. The molecule has 1 aliphatic rings. The summed E-state index contributed by atoms with van der Waals surface area (Å²) in [5.41, 5.74) is 5.38. The molecule has 0 spiro atoms. The Hall–Kier alpha value is -1.21. The zero-order valence-corrected chi connectivity index (χ0v) is 12.1. The molecule has 1 fully saturated rings. The number of nitrogens with zero attached hydrogens (tertiary/aromatic N) is 3. The van der Waals surface area contributed by atoms with Gasteiger partial charge in [-0.2, -0.15) is 4.31 Å². The van der Waals surface area contributed by atoms with Gasteiger partial charge in [-0.1, -0.05) is 19.8 Å². The van der Waals surface area contributed by atoms with E-state index in [0.29, 0.717) is 5.92 Å². The summed E-state index contributed by atoms with van der Waals surface area (Å²) in [4.78, 5) is 7.60. The average Bonchev–Trinajstić information content (AvgIpc) is 2.39. The van der Waals surface area contributed by atoms with Crippen molar-refractivity contribution in [1.29, 1.82) is 0 Å². The maximum atomic E-state index is 12.5. The van der Waals surface area contributed by atoms with Crippen LogP contribution in [0.3, 0.4) is 0 Å². The molecule has 1 heterocycles. The van der Waals surface area contributed by atoms with Crippen molar-refractivity contribution in [2.75, 3.05) is 12.8 Å². The minimum atomic E-state index is -3.54. The number of rotatable bonds is 3. The lowest BCUT2D eigenvalue weighted by molar-refractivity contribution is 0.213. The zero-order chi connectivity index (χ0) is 14.0. The Morgan fingerprint density at radius 2 is 1.84 bits per heavy atom. The Kier molecular flexibility index (Phi) is 4.05. The number of nitrogens with two attached hydrogens (primary N) is 1. The Bertz CT molecular complexity index is 529. The third-order valence-corrected chi connectivity index (χ3v) is 5.69. The first kappa shape index (κ1) is 14.2. The van der Waals surface area contributed by atoms with E-state index in [1.165, 1.54) is 23.1 Å². The summed E-state index contributed by atoms with van der Waals surface area (Å²) in [6.07, 6.45) is 6.77. The number of hydrogen-bond acceptors (Lipinski definition) is 5. The van der Waals surface area contributed by atoms with Crippen molar-refractivity contribution in [2.45, 2.75) is 43.5 Å². The number of nitrogen functional groups attached to an aromatic ring is 1. The molecule has 106 valence electrons. The van der Waals surface area contributed by atoms with Crippen LogP contribution in [0.4, 0.5) is 5.95 Å². The van der Waals surface area contributed by atoms with Crippen LogP contribution in [0.2, 0.25) is 0 Å². The summed E-state index contributed by atoms with van der Waals surface area (Å²) in [6, 6.07) is 0.0521. The molecule has 2 N–H and O–H groups in total. The molecule has 19 heavy (non-hydrogen) atoms. The van der Waals surface area contributed by atoms with Crippen molar-refractivity contribution in [3.63, 3.8) is 0 Å². The number of sulfonamides is 1. The molecule has 1 aromatic heterocycles. The summed E-state index contributed by atoms with van der Waals surface area (Å²) in [5.74, 6) is 0.455. The predicted molar refractivity (Wildman–Crippen MR) is 72.8 cm³/mol. The van der Waals surface area contributed by atoms with Crippen molar-refractivity contribution in [3.8, 4) is 0 Å². The van der Waals surface area contributed by atoms with Gasteiger partial charge < -0.3 is 5.73 Å². The zero-order valence-electron chi connectivity index (χ0n) is 11.3. The van der Waals surface area contributed by atoms with Gasteiger partial charge in [0.25, 0.3) is 0 Å². The van der Waals surface area contributed by atoms with Gasteiger partial charge >= 0.3 is 0 Å². The second-order valence-electron chi connectivity index (χ2n) is 5.13. The molecule has 0 aromatic carbocycles. The molecule has 0 amide bonds. The molecule has 1 aliphatic carbocycles. The minimum Gasteiger partial charge on any atom is -0.368 e. The predicted octanol–water partition coefficient (Wildman–Crippen LogP) is 1.26. The SMILES string of the molecule is CC1CCCCC1N(C)S(=O)(=O)c1cnc(N)nc1. The Morgan fingerprint density at radius 1 is 1.26 bits per heavy atom. The van der Waals surface area contributed by atoms with E-state index in [2.05, 4.69) is 16.9 Å². The maximum absolute atomic E-state index is 12.5. The van der Waals surface area contributed by atoms with Crippen LogP contribution in [-0.2, 0) is 10.0 Å². The molecule has 2 rings (SSSR count). The molecule has 0 aliphatic heterocycles. The van der Waals surface area contributed by atoms with Crippen molar-refractivity contribution < 1.29 is 8.42 Å². The highest BCUT2D eigenvalue weighted by molar-refractivity contribution is 7.89. The molecule has 7 heteroatoms. The summed E-state index contributed by atoms with van der Waals surface area (Å²) >= 11 is 0. The van der Waals surface area contributed by atoms with Crippen molar-refractivity contribution in [2.24, 2.45) is 5.92 Å². The van der Waals surface area contributed by atoms with Gasteiger partial charge in [-0.15, -0.1) is 0 Å². The molecule has 6 nitrogen and oxygen atoms in total. The molecule has 0 radical (unpaired) electrons. The first-order chi connectivity index (χ1) is 8.93. The first-order valence-corrected chi connectivity index (χ1v) is 7.92. The monoisotopic (exact) mass is 284 g/mol. The fraction of sp³-hybridized carbons (Fsp3) is 0.667. The van der Waals surface area contributed by atoms with E-state index in [1.54, 1.807) is 7.05 Å². The Labute approximate surface area is 114 Å². The van der Waals surface area contributed by atoms with Crippen molar-refractivity contribution >= 4 is 16.0 Å². The normalized spacial score (nSPS) is 24.6. The van der Waals surface area contributed by atoms with E-state index in [4.69, 9.17) is 5.73 Å². The van der Waals surface area contributed by atoms with Crippen LogP contribution >= 0.6 is 0 Å². The van der Waals surface area contributed by atoms with Crippen LogP contribution in [-0.4, -0.2) is 35.8 Å². The third-order valence-electron chi connectivity index (χ3n) is 3.86. The fourth-order valence-corrected chi connectivity index (χ4v) is 4.01. The molecule has 2 unspecified atom stereocenters. The lowest BCUT2D eigenvalue weighted by Gasteiger charge is -2.35. The Balaban J connectivity index is 2.25. The number of aromatic nitrogens is 2. The van der Waals surface area contributed by atoms with Crippen molar-refractivity contribution in [3.05, 3.63) is 12.4 Å². The summed E-state index contributed by atoms with van der Waals surface area (Å²) in [5, 5.41) is 0.